The van der Waals surface area contributed by atoms with Gasteiger partial charge in [0, 0.05) is 30.1 Å². The van der Waals surface area contributed by atoms with E-state index >= 15 is 0 Å². The van der Waals surface area contributed by atoms with Gasteiger partial charge in [-0.15, -0.1) is 0 Å². The zero-order valence-corrected chi connectivity index (χ0v) is 13.3. The molecular weight excluding hydrogens is 313 g/mol. The summed E-state index contributed by atoms with van der Waals surface area (Å²) in [4.78, 5) is 13.3. The minimum atomic E-state index is -0.365. The van der Waals surface area contributed by atoms with Crippen molar-refractivity contribution < 1.29 is 4.39 Å². The van der Waals surface area contributed by atoms with Crippen molar-refractivity contribution >= 4 is 0 Å². The lowest BCUT2D eigenvalue weighted by atomic mass is 10.0. The lowest BCUT2D eigenvalue weighted by molar-refractivity contribution is 0.626. The van der Waals surface area contributed by atoms with Crippen LogP contribution in [0, 0.1) is 5.82 Å². The van der Waals surface area contributed by atoms with Crippen molar-refractivity contribution in [1.82, 2.24) is 15.0 Å². The third kappa shape index (κ3) is 3.15. The van der Waals surface area contributed by atoms with Crippen LogP contribution < -0.4 is 0 Å². The van der Waals surface area contributed by atoms with Crippen LogP contribution >= 0.6 is 0 Å². The molecule has 120 valence electrons. The van der Waals surface area contributed by atoms with Gasteiger partial charge in [-0.3, -0.25) is 9.97 Å². The summed E-state index contributed by atoms with van der Waals surface area (Å²) < 4.78 is 14.2. The molecule has 3 aromatic heterocycles. The quantitative estimate of drug-likeness (QED) is 0.531. The molecule has 0 atom stereocenters. The van der Waals surface area contributed by atoms with Gasteiger partial charge in [-0.2, -0.15) is 0 Å². The topological polar surface area (TPSA) is 38.7 Å². The molecule has 0 aliphatic carbocycles. The number of hydrogen-bond acceptors (Lipinski definition) is 3. The minimum Gasteiger partial charge on any atom is -0.255 e. The molecule has 0 bridgehead atoms. The Morgan fingerprint density at radius 1 is 0.640 bits per heavy atom. The maximum atomic E-state index is 14.2. The number of hydrogen-bond donors (Lipinski definition) is 0. The van der Waals surface area contributed by atoms with Gasteiger partial charge in [-0.25, -0.2) is 9.37 Å². The van der Waals surface area contributed by atoms with Gasteiger partial charge in [0.1, 0.15) is 5.82 Å². The molecule has 3 heterocycles. The van der Waals surface area contributed by atoms with Crippen LogP contribution in [0.1, 0.15) is 0 Å². The van der Waals surface area contributed by atoms with Crippen LogP contribution in [-0.2, 0) is 0 Å². The Morgan fingerprint density at radius 3 is 2.20 bits per heavy atom. The van der Waals surface area contributed by atoms with Crippen LogP contribution in [0.25, 0.3) is 33.9 Å². The van der Waals surface area contributed by atoms with E-state index in [4.69, 9.17) is 0 Å². The summed E-state index contributed by atoms with van der Waals surface area (Å²) in [6, 6.07) is 22.0. The summed E-state index contributed by atoms with van der Waals surface area (Å²) in [5, 5.41) is 0. The van der Waals surface area contributed by atoms with E-state index in [2.05, 4.69) is 15.0 Å². The second-order valence-electron chi connectivity index (χ2n) is 5.54. The minimum absolute atomic E-state index is 0.365. The van der Waals surface area contributed by atoms with E-state index < -0.39 is 0 Å². The van der Waals surface area contributed by atoms with E-state index in [0.29, 0.717) is 22.8 Å². The second-order valence-corrected chi connectivity index (χ2v) is 5.54. The number of halogens is 1. The fourth-order valence-corrected chi connectivity index (χ4v) is 2.72. The van der Waals surface area contributed by atoms with Crippen LogP contribution in [0.4, 0.5) is 4.39 Å². The molecule has 0 radical (unpaired) electrons. The predicted molar refractivity (Wildman–Crippen MR) is 96.1 cm³/mol. The molecule has 0 unspecified atom stereocenters. The highest BCUT2D eigenvalue weighted by Gasteiger charge is 2.13. The summed E-state index contributed by atoms with van der Waals surface area (Å²) in [5.74, 6) is -0.365. The van der Waals surface area contributed by atoms with Crippen molar-refractivity contribution in [1.29, 1.82) is 0 Å². The Kier molecular flexibility index (Phi) is 4.01. The van der Waals surface area contributed by atoms with E-state index in [9.17, 15) is 4.39 Å². The third-order valence-electron chi connectivity index (χ3n) is 3.85. The SMILES string of the molecule is Fc1cc(-c2ccccn2)nc(-c2ncccc2-c2ccccc2)c1. The molecule has 0 saturated heterocycles. The Balaban J connectivity index is 1.88. The first kappa shape index (κ1) is 15.1. The maximum absolute atomic E-state index is 14.2. The van der Waals surface area contributed by atoms with Crippen LogP contribution in [0.5, 0.6) is 0 Å². The highest BCUT2D eigenvalue weighted by molar-refractivity contribution is 5.79. The first-order chi connectivity index (χ1) is 12.3. The summed E-state index contributed by atoms with van der Waals surface area (Å²) in [5.41, 5.74) is 4.16. The monoisotopic (exact) mass is 327 g/mol. The Hall–Kier alpha value is -3.40. The molecule has 25 heavy (non-hydrogen) atoms. The van der Waals surface area contributed by atoms with Crippen LogP contribution in [0.15, 0.2) is 85.2 Å². The van der Waals surface area contributed by atoms with Gasteiger partial charge in [0.05, 0.1) is 22.8 Å². The van der Waals surface area contributed by atoms with Gasteiger partial charge in [-0.1, -0.05) is 42.5 Å². The van der Waals surface area contributed by atoms with Crippen molar-refractivity contribution in [3.63, 3.8) is 0 Å². The third-order valence-corrected chi connectivity index (χ3v) is 3.85. The first-order valence-corrected chi connectivity index (χ1v) is 7.91. The van der Waals surface area contributed by atoms with Crippen LogP contribution in [0.2, 0.25) is 0 Å². The molecule has 1 aromatic carbocycles. The Morgan fingerprint density at radius 2 is 1.40 bits per heavy atom. The highest BCUT2D eigenvalue weighted by Crippen LogP contribution is 2.30. The Bertz CT molecular complexity index is 1000. The molecule has 3 nitrogen and oxygen atoms in total. The van der Waals surface area contributed by atoms with Crippen molar-refractivity contribution in [3.8, 4) is 33.9 Å². The van der Waals surface area contributed by atoms with Gasteiger partial charge in [0.15, 0.2) is 0 Å². The van der Waals surface area contributed by atoms with E-state index in [1.807, 2.05) is 60.7 Å². The summed E-state index contributed by atoms with van der Waals surface area (Å²) in [7, 11) is 0. The van der Waals surface area contributed by atoms with Crippen molar-refractivity contribution in [2.75, 3.05) is 0 Å². The molecule has 0 aliphatic heterocycles. The maximum Gasteiger partial charge on any atom is 0.127 e. The van der Waals surface area contributed by atoms with Crippen LogP contribution in [0.3, 0.4) is 0 Å². The number of nitrogens with zero attached hydrogens (tertiary/aromatic N) is 3. The molecular formula is C21H14FN3. The number of rotatable bonds is 3. The standard InChI is InChI=1S/C21H14FN3/c22-16-13-19(18-10-4-5-11-23-18)25-20(14-16)21-17(9-6-12-24-21)15-7-2-1-3-8-15/h1-14H. The number of aromatic nitrogens is 3. The molecule has 4 heteroatoms. The zero-order valence-electron chi connectivity index (χ0n) is 13.3. The average Bonchev–Trinajstić information content (AvgIpc) is 2.69. The highest BCUT2D eigenvalue weighted by atomic mass is 19.1. The molecule has 0 amide bonds. The summed E-state index contributed by atoms with van der Waals surface area (Å²) in [6.07, 6.45) is 3.35. The van der Waals surface area contributed by atoms with Crippen molar-refractivity contribution in [2.45, 2.75) is 0 Å². The molecule has 0 fully saturated rings. The van der Waals surface area contributed by atoms with Gasteiger partial charge in [-0.05, 0) is 23.8 Å². The number of pyridine rings is 3. The van der Waals surface area contributed by atoms with Gasteiger partial charge in [0.2, 0.25) is 0 Å². The first-order valence-electron chi connectivity index (χ1n) is 7.91. The molecule has 0 N–H and O–H groups in total. The molecule has 0 aliphatic rings. The smallest absolute Gasteiger partial charge is 0.127 e. The van der Waals surface area contributed by atoms with E-state index in [0.717, 1.165) is 11.1 Å². The lowest BCUT2D eigenvalue weighted by Crippen LogP contribution is -1.96. The molecule has 4 aromatic rings. The fraction of sp³-hybridized carbons (Fsp3) is 0. The van der Waals surface area contributed by atoms with Crippen molar-refractivity contribution in [2.24, 2.45) is 0 Å². The van der Waals surface area contributed by atoms with Crippen molar-refractivity contribution in [3.05, 3.63) is 91.0 Å². The molecule has 4 rings (SSSR count). The van der Waals surface area contributed by atoms with E-state index in [1.165, 1.54) is 12.1 Å². The summed E-state index contributed by atoms with van der Waals surface area (Å²) >= 11 is 0. The van der Waals surface area contributed by atoms with E-state index in [1.54, 1.807) is 12.4 Å². The average molecular weight is 327 g/mol. The zero-order chi connectivity index (χ0) is 17.1. The van der Waals surface area contributed by atoms with Gasteiger partial charge >= 0.3 is 0 Å². The largest absolute Gasteiger partial charge is 0.255 e. The Labute approximate surface area is 144 Å². The molecule has 0 spiro atoms. The van der Waals surface area contributed by atoms with Gasteiger partial charge in [0.25, 0.3) is 0 Å². The molecule has 0 saturated carbocycles. The number of benzene rings is 1. The van der Waals surface area contributed by atoms with Gasteiger partial charge < -0.3 is 0 Å². The second kappa shape index (κ2) is 6.61. The lowest BCUT2D eigenvalue weighted by Gasteiger charge is -2.10. The van der Waals surface area contributed by atoms with E-state index in [-0.39, 0.29) is 5.82 Å². The fourth-order valence-electron chi connectivity index (χ4n) is 2.72. The normalized spacial score (nSPS) is 10.6. The van der Waals surface area contributed by atoms with Crippen LogP contribution in [-0.4, -0.2) is 15.0 Å². The summed E-state index contributed by atoms with van der Waals surface area (Å²) in [6.45, 7) is 0. The predicted octanol–water partition coefficient (Wildman–Crippen LogP) is 5.01.